The van der Waals surface area contributed by atoms with Gasteiger partial charge in [0.1, 0.15) is 0 Å². The van der Waals surface area contributed by atoms with Gasteiger partial charge in [0.25, 0.3) is 0 Å². The summed E-state index contributed by atoms with van der Waals surface area (Å²) in [5.41, 5.74) is 2.65. The van der Waals surface area contributed by atoms with Crippen LogP contribution in [-0.4, -0.2) is 31.5 Å². The molecule has 0 aromatic carbocycles. The van der Waals surface area contributed by atoms with Crippen molar-refractivity contribution in [3.63, 3.8) is 0 Å². The average molecular weight is 226 g/mol. The Kier molecular flexibility index (Phi) is 5.78. The lowest BCUT2D eigenvalue weighted by molar-refractivity contribution is -0.127. The minimum absolute atomic E-state index is 0.104. The van der Waals surface area contributed by atoms with Gasteiger partial charge in [-0.1, -0.05) is 0 Å². The zero-order valence-corrected chi connectivity index (χ0v) is 10.00. The van der Waals surface area contributed by atoms with E-state index in [-0.39, 0.29) is 11.6 Å². The zero-order chi connectivity index (χ0) is 11.9. The summed E-state index contributed by atoms with van der Waals surface area (Å²) >= 11 is 0. The molecule has 1 aliphatic heterocycles. The third-order valence-electron chi connectivity index (χ3n) is 3.18. The van der Waals surface area contributed by atoms with Crippen LogP contribution in [-0.2, 0) is 9.47 Å². The normalized spacial score (nSPS) is 21.3. The van der Waals surface area contributed by atoms with Crippen LogP contribution in [0.5, 0.6) is 0 Å². The fraction of sp³-hybridized carbons (Fsp3) is 0.833. The predicted molar refractivity (Wildman–Crippen MR) is 63.6 cm³/mol. The molecule has 4 heteroatoms. The van der Waals surface area contributed by atoms with Gasteiger partial charge in [-0.15, -0.1) is 12.3 Å². The van der Waals surface area contributed by atoms with E-state index in [2.05, 4.69) is 11.3 Å². The van der Waals surface area contributed by atoms with Crippen molar-refractivity contribution in [1.29, 1.82) is 0 Å². The van der Waals surface area contributed by atoms with E-state index >= 15 is 0 Å². The Morgan fingerprint density at radius 3 is 2.75 bits per heavy atom. The van der Waals surface area contributed by atoms with Gasteiger partial charge in [0.05, 0.1) is 11.6 Å². The van der Waals surface area contributed by atoms with E-state index in [4.69, 9.17) is 21.7 Å². The number of hydrogen-bond donors (Lipinski definition) is 2. The highest BCUT2D eigenvalue weighted by Crippen LogP contribution is 2.30. The zero-order valence-electron chi connectivity index (χ0n) is 10.00. The van der Waals surface area contributed by atoms with Crippen LogP contribution in [0.25, 0.3) is 0 Å². The first-order chi connectivity index (χ1) is 7.79. The van der Waals surface area contributed by atoms with Crippen molar-refractivity contribution in [3.05, 3.63) is 0 Å². The Labute approximate surface area is 97.8 Å². The van der Waals surface area contributed by atoms with Crippen molar-refractivity contribution in [2.45, 2.75) is 44.2 Å². The molecule has 0 aliphatic carbocycles. The predicted octanol–water partition coefficient (Wildman–Crippen LogP) is 0.817. The molecule has 1 atom stereocenters. The number of nitrogens with two attached hydrogens (primary N) is 1. The lowest BCUT2D eigenvalue weighted by Gasteiger charge is -2.42. The van der Waals surface area contributed by atoms with Gasteiger partial charge in [0.15, 0.2) is 0 Å². The monoisotopic (exact) mass is 226 g/mol. The van der Waals surface area contributed by atoms with E-state index in [1.54, 1.807) is 0 Å². The molecule has 1 rings (SSSR count). The molecular formula is C12H22N2O2. The molecule has 0 aromatic heterocycles. The van der Waals surface area contributed by atoms with Crippen molar-refractivity contribution in [2.75, 3.05) is 19.8 Å². The summed E-state index contributed by atoms with van der Waals surface area (Å²) in [5, 5.41) is 0. The van der Waals surface area contributed by atoms with Crippen molar-refractivity contribution < 1.29 is 9.47 Å². The first-order valence-corrected chi connectivity index (χ1v) is 5.90. The van der Waals surface area contributed by atoms with Gasteiger partial charge in [-0.05, 0) is 13.3 Å². The van der Waals surface area contributed by atoms with Gasteiger partial charge in [0, 0.05) is 39.1 Å². The lowest BCUT2D eigenvalue weighted by atomic mass is 9.84. The maximum absolute atomic E-state index is 5.93. The summed E-state index contributed by atoms with van der Waals surface area (Å²) in [6.07, 6.45) is 8.60. The SMILES string of the molecule is C#CCCC(NN)C1(OCC)CCOCC1. The standard InChI is InChI=1S/C12H22N2O2/c1-3-5-6-11(14-13)12(16-4-2)7-9-15-10-8-12/h1,11,14H,4-10,13H2,2H3. The van der Waals surface area contributed by atoms with E-state index in [9.17, 15) is 0 Å². The second-order valence-electron chi connectivity index (χ2n) is 4.07. The number of hydrogen-bond acceptors (Lipinski definition) is 4. The van der Waals surface area contributed by atoms with Crippen molar-refractivity contribution in [1.82, 2.24) is 5.43 Å². The van der Waals surface area contributed by atoms with Gasteiger partial charge in [-0.25, -0.2) is 0 Å². The minimum atomic E-state index is -0.210. The van der Waals surface area contributed by atoms with Crippen LogP contribution in [0.3, 0.4) is 0 Å². The molecule has 3 N–H and O–H groups in total. The summed E-state index contributed by atoms with van der Waals surface area (Å²) in [6.45, 7) is 4.16. The summed E-state index contributed by atoms with van der Waals surface area (Å²) < 4.78 is 11.3. The highest BCUT2D eigenvalue weighted by atomic mass is 16.5. The van der Waals surface area contributed by atoms with Crippen LogP contribution >= 0.6 is 0 Å². The molecule has 0 aromatic rings. The quantitative estimate of drug-likeness (QED) is 0.400. The number of nitrogens with one attached hydrogen (secondary N) is 1. The molecule has 1 aliphatic rings. The fourth-order valence-electron chi connectivity index (χ4n) is 2.32. The first-order valence-electron chi connectivity index (χ1n) is 5.90. The maximum Gasteiger partial charge on any atom is 0.0892 e. The molecule has 0 bridgehead atoms. The fourth-order valence-corrected chi connectivity index (χ4v) is 2.32. The third kappa shape index (κ3) is 3.19. The maximum atomic E-state index is 5.93. The van der Waals surface area contributed by atoms with Crippen LogP contribution in [0.2, 0.25) is 0 Å². The smallest absolute Gasteiger partial charge is 0.0892 e. The Morgan fingerprint density at radius 1 is 1.56 bits per heavy atom. The van der Waals surface area contributed by atoms with Gasteiger partial charge in [0.2, 0.25) is 0 Å². The van der Waals surface area contributed by atoms with Crippen LogP contribution in [0.4, 0.5) is 0 Å². The van der Waals surface area contributed by atoms with Crippen molar-refractivity contribution in [3.8, 4) is 12.3 Å². The Morgan fingerprint density at radius 2 is 2.25 bits per heavy atom. The number of terminal acetylenes is 1. The summed E-state index contributed by atoms with van der Waals surface area (Å²) in [6, 6.07) is 0.104. The number of hydrazine groups is 1. The van der Waals surface area contributed by atoms with Crippen molar-refractivity contribution in [2.24, 2.45) is 5.84 Å². The second kappa shape index (κ2) is 6.87. The molecule has 92 valence electrons. The molecule has 1 unspecified atom stereocenters. The number of rotatable bonds is 6. The van der Waals surface area contributed by atoms with E-state index in [0.717, 1.165) is 32.5 Å². The van der Waals surface area contributed by atoms with Gasteiger partial charge >= 0.3 is 0 Å². The van der Waals surface area contributed by atoms with Gasteiger partial charge in [-0.3, -0.25) is 11.3 Å². The second-order valence-corrected chi connectivity index (χ2v) is 4.07. The molecular weight excluding hydrogens is 204 g/mol. The number of ether oxygens (including phenoxy) is 2. The molecule has 1 fully saturated rings. The highest BCUT2D eigenvalue weighted by Gasteiger charge is 2.40. The molecule has 0 radical (unpaired) electrons. The van der Waals surface area contributed by atoms with Gasteiger partial charge < -0.3 is 9.47 Å². The van der Waals surface area contributed by atoms with Crippen molar-refractivity contribution >= 4 is 0 Å². The van der Waals surface area contributed by atoms with Crippen LogP contribution in [0.15, 0.2) is 0 Å². The van der Waals surface area contributed by atoms with Crippen LogP contribution in [0.1, 0.15) is 32.6 Å². The summed E-state index contributed by atoms with van der Waals surface area (Å²) in [7, 11) is 0. The molecule has 1 saturated heterocycles. The molecule has 16 heavy (non-hydrogen) atoms. The highest BCUT2D eigenvalue weighted by molar-refractivity contribution is 4.97. The van der Waals surface area contributed by atoms with Crippen LogP contribution < -0.4 is 11.3 Å². The molecule has 0 saturated carbocycles. The van der Waals surface area contributed by atoms with E-state index in [0.29, 0.717) is 13.0 Å². The van der Waals surface area contributed by atoms with E-state index in [1.807, 2.05) is 6.92 Å². The molecule has 0 spiro atoms. The van der Waals surface area contributed by atoms with Gasteiger partial charge in [-0.2, -0.15) is 0 Å². The Hall–Kier alpha value is -0.600. The summed E-state index contributed by atoms with van der Waals surface area (Å²) in [4.78, 5) is 0. The Bertz CT molecular complexity index is 226. The Balaban J connectivity index is 2.67. The largest absolute Gasteiger partial charge is 0.381 e. The topological polar surface area (TPSA) is 56.5 Å². The first kappa shape index (κ1) is 13.5. The third-order valence-corrected chi connectivity index (χ3v) is 3.18. The molecule has 1 heterocycles. The van der Waals surface area contributed by atoms with Crippen LogP contribution in [0, 0.1) is 12.3 Å². The average Bonchev–Trinajstić information content (AvgIpc) is 2.31. The molecule has 4 nitrogen and oxygen atoms in total. The van der Waals surface area contributed by atoms with E-state index in [1.165, 1.54) is 0 Å². The molecule has 0 amide bonds. The van der Waals surface area contributed by atoms with E-state index < -0.39 is 0 Å². The minimum Gasteiger partial charge on any atom is -0.381 e. The summed E-state index contributed by atoms with van der Waals surface area (Å²) in [5.74, 6) is 8.27. The lowest BCUT2D eigenvalue weighted by Crippen LogP contribution is -2.57.